The summed E-state index contributed by atoms with van der Waals surface area (Å²) in [6.07, 6.45) is 0.658. The van der Waals surface area contributed by atoms with Crippen LogP contribution in [-0.2, 0) is 6.42 Å². The Kier molecular flexibility index (Phi) is 5.47. The molecular weight excluding hydrogens is 310 g/mol. The van der Waals surface area contributed by atoms with Crippen LogP contribution in [0.2, 0.25) is 4.34 Å². The van der Waals surface area contributed by atoms with Gasteiger partial charge in [0, 0.05) is 6.54 Å². The number of benzene rings is 1. The first-order chi connectivity index (χ1) is 10.1. The Balaban J connectivity index is 1.95. The largest absolute Gasteiger partial charge is 0.497 e. The van der Waals surface area contributed by atoms with Gasteiger partial charge in [-0.15, -0.1) is 11.3 Å². The van der Waals surface area contributed by atoms with E-state index < -0.39 is 0 Å². The molecule has 0 fully saturated rings. The number of rotatable bonds is 6. The van der Waals surface area contributed by atoms with Crippen LogP contribution in [0.3, 0.4) is 0 Å². The van der Waals surface area contributed by atoms with Crippen LogP contribution >= 0.6 is 22.9 Å². The number of methoxy groups -OCH3 is 2. The van der Waals surface area contributed by atoms with Crippen molar-refractivity contribution in [3.8, 4) is 11.5 Å². The monoisotopic (exact) mass is 325 g/mol. The third-order valence-electron chi connectivity index (χ3n) is 2.96. The summed E-state index contributed by atoms with van der Waals surface area (Å²) in [6, 6.07) is 9.04. The third-order valence-corrected chi connectivity index (χ3v) is 4.19. The SMILES string of the molecule is COc1ccc(OC)c(CCNC(=O)c2ccc(Cl)s2)c1. The first-order valence-corrected chi connectivity index (χ1v) is 7.58. The van der Waals surface area contributed by atoms with Crippen LogP contribution in [0, 0.1) is 0 Å². The lowest BCUT2D eigenvalue weighted by Gasteiger charge is -2.10. The van der Waals surface area contributed by atoms with Crippen LogP contribution < -0.4 is 14.8 Å². The zero-order valence-electron chi connectivity index (χ0n) is 11.8. The van der Waals surface area contributed by atoms with Gasteiger partial charge in [0.15, 0.2) is 0 Å². The molecule has 0 saturated carbocycles. The number of thiophene rings is 1. The minimum Gasteiger partial charge on any atom is -0.497 e. The molecule has 0 radical (unpaired) electrons. The summed E-state index contributed by atoms with van der Waals surface area (Å²) in [4.78, 5) is 12.5. The molecule has 1 aromatic carbocycles. The van der Waals surface area contributed by atoms with Gasteiger partial charge in [-0.3, -0.25) is 4.79 Å². The Morgan fingerprint density at radius 2 is 2.05 bits per heavy atom. The van der Waals surface area contributed by atoms with Gasteiger partial charge in [-0.1, -0.05) is 11.6 Å². The van der Waals surface area contributed by atoms with Crippen molar-refractivity contribution >= 4 is 28.8 Å². The molecule has 6 heteroatoms. The van der Waals surface area contributed by atoms with Gasteiger partial charge in [-0.2, -0.15) is 0 Å². The van der Waals surface area contributed by atoms with Gasteiger partial charge in [0.1, 0.15) is 11.5 Å². The van der Waals surface area contributed by atoms with E-state index >= 15 is 0 Å². The van der Waals surface area contributed by atoms with E-state index in [2.05, 4.69) is 5.32 Å². The minimum absolute atomic E-state index is 0.117. The summed E-state index contributed by atoms with van der Waals surface area (Å²) in [5, 5.41) is 2.87. The van der Waals surface area contributed by atoms with Gasteiger partial charge in [0.2, 0.25) is 0 Å². The molecule has 0 atom stereocenters. The molecular formula is C15H16ClNO3S. The lowest BCUT2D eigenvalue weighted by molar-refractivity contribution is 0.0958. The summed E-state index contributed by atoms with van der Waals surface area (Å²) in [6.45, 7) is 0.512. The first-order valence-electron chi connectivity index (χ1n) is 6.38. The second-order valence-electron chi connectivity index (χ2n) is 4.29. The predicted octanol–water partition coefficient (Wildman–Crippen LogP) is 3.39. The van der Waals surface area contributed by atoms with Crippen LogP contribution in [0.4, 0.5) is 0 Å². The van der Waals surface area contributed by atoms with Crippen molar-refractivity contribution in [2.45, 2.75) is 6.42 Å². The van der Waals surface area contributed by atoms with Gasteiger partial charge >= 0.3 is 0 Å². The second kappa shape index (κ2) is 7.33. The van der Waals surface area contributed by atoms with Gasteiger partial charge in [-0.05, 0) is 42.3 Å². The molecule has 1 N–H and O–H groups in total. The van der Waals surface area contributed by atoms with Gasteiger partial charge in [0.25, 0.3) is 5.91 Å². The summed E-state index contributed by atoms with van der Waals surface area (Å²) in [5.41, 5.74) is 0.987. The van der Waals surface area contributed by atoms with Crippen LogP contribution in [0.25, 0.3) is 0 Å². The number of nitrogens with one attached hydrogen (secondary N) is 1. The summed E-state index contributed by atoms with van der Waals surface area (Å²) in [7, 11) is 3.24. The van der Waals surface area contributed by atoms with Crippen molar-refractivity contribution in [2.75, 3.05) is 20.8 Å². The fourth-order valence-corrected chi connectivity index (χ4v) is 2.87. The van der Waals surface area contributed by atoms with Crippen molar-refractivity contribution in [3.63, 3.8) is 0 Å². The summed E-state index contributed by atoms with van der Waals surface area (Å²) in [5.74, 6) is 1.43. The van der Waals surface area contributed by atoms with E-state index in [9.17, 15) is 4.79 Å². The minimum atomic E-state index is -0.117. The van der Waals surface area contributed by atoms with Gasteiger partial charge in [0.05, 0.1) is 23.4 Å². The average molecular weight is 326 g/mol. The maximum atomic E-state index is 11.9. The zero-order valence-corrected chi connectivity index (χ0v) is 13.4. The van der Waals surface area contributed by atoms with E-state index in [4.69, 9.17) is 21.1 Å². The highest BCUT2D eigenvalue weighted by Gasteiger charge is 2.09. The Morgan fingerprint density at radius 3 is 2.67 bits per heavy atom. The molecule has 0 bridgehead atoms. The molecule has 0 spiro atoms. The third kappa shape index (κ3) is 4.12. The number of hydrogen-bond donors (Lipinski definition) is 1. The Hall–Kier alpha value is -1.72. The van der Waals surface area contributed by atoms with Crippen molar-refractivity contribution in [1.82, 2.24) is 5.32 Å². The highest BCUT2D eigenvalue weighted by molar-refractivity contribution is 7.17. The lowest BCUT2D eigenvalue weighted by atomic mass is 10.1. The molecule has 0 aliphatic carbocycles. The van der Waals surface area contributed by atoms with Crippen LogP contribution in [0.1, 0.15) is 15.2 Å². The van der Waals surface area contributed by atoms with E-state index in [1.54, 1.807) is 26.4 Å². The molecule has 4 nitrogen and oxygen atoms in total. The number of hydrogen-bond acceptors (Lipinski definition) is 4. The molecule has 0 unspecified atom stereocenters. The molecule has 1 amide bonds. The number of amides is 1. The molecule has 2 rings (SSSR count). The Labute approximate surface area is 132 Å². The predicted molar refractivity (Wildman–Crippen MR) is 84.9 cm³/mol. The van der Waals surface area contributed by atoms with E-state index in [0.717, 1.165) is 17.1 Å². The van der Waals surface area contributed by atoms with Crippen LogP contribution in [0.15, 0.2) is 30.3 Å². The van der Waals surface area contributed by atoms with Crippen LogP contribution in [0.5, 0.6) is 11.5 Å². The van der Waals surface area contributed by atoms with Crippen molar-refractivity contribution in [2.24, 2.45) is 0 Å². The molecule has 2 aromatic rings. The number of halogens is 1. The Morgan fingerprint density at radius 1 is 1.24 bits per heavy atom. The normalized spacial score (nSPS) is 10.2. The lowest BCUT2D eigenvalue weighted by Crippen LogP contribution is -2.24. The van der Waals surface area contributed by atoms with Crippen molar-refractivity contribution in [3.05, 3.63) is 45.1 Å². The van der Waals surface area contributed by atoms with Gasteiger partial charge < -0.3 is 14.8 Å². The molecule has 1 heterocycles. The maximum Gasteiger partial charge on any atom is 0.261 e. The molecule has 0 aliphatic rings. The maximum absolute atomic E-state index is 11.9. The summed E-state index contributed by atoms with van der Waals surface area (Å²) < 4.78 is 11.1. The quantitative estimate of drug-likeness (QED) is 0.885. The smallest absolute Gasteiger partial charge is 0.261 e. The van der Waals surface area contributed by atoms with E-state index in [1.165, 1.54) is 11.3 Å². The molecule has 0 saturated heterocycles. The van der Waals surface area contributed by atoms with E-state index in [1.807, 2.05) is 18.2 Å². The number of carbonyl (C=O) groups is 1. The van der Waals surface area contributed by atoms with Crippen molar-refractivity contribution < 1.29 is 14.3 Å². The second-order valence-corrected chi connectivity index (χ2v) is 6.00. The van der Waals surface area contributed by atoms with Crippen LogP contribution in [-0.4, -0.2) is 26.7 Å². The average Bonchev–Trinajstić information content (AvgIpc) is 2.93. The van der Waals surface area contributed by atoms with E-state index in [-0.39, 0.29) is 5.91 Å². The van der Waals surface area contributed by atoms with E-state index in [0.29, 0.717) is 22.2 Å². The molecule has 21 heavy (non-hydrogen) atoms. The molecule has 0 aliphatic heterocycles. The van der Waals surface area contributed by atoms with Crippen molar-refractivity contribution in [1.29, 1.82) is 0 Å². The standard InChI is InChI=1S/C15H16ClNO3S/c1-19-11-3-4-12(20-2)10(9-11)7-8-17-15(18)13-5-6-14(16)21-13/h3-6,9H,7-8H2,1-2H3,(H,17,18). The van der Waals surface area contributed by atoms with Gasteiger partial charge in [-0.25, -0.2) is 0 Å². The highest BCUT2D eigenvalue weighted by Crippen LogP contribution is 2.24. The molecule has 1 aromatic heterocycles. The number of ether oxygens (including phenoxy) is 2. The zero-order chi connectivity index (χ0) is 15.2. The topological polar surface area (TPSA) is 47.6 Å². The highest BCUT2D eigenvalue weighted by atomic mass is 35.5. The number of carbonyl (C=O) groups excluding carboxylic acids is 1. The summed E-state index contributed by atoms with van der Waals surface area (Å²) >= 11 is 7.08. The fraction of sp³-hybridized carbons (Fsp3) is 0.267. The first kappa shape index (κ1) is 15.7. The fourth-order valence-electron chi connectivity index (χ4n) is 1.91. The molecule has 112 valence electrons. The Bertz CT molecular complexity index is 627.